The Labute approximate surface area is 76.0 Å². The van der Waals surface area contributed by atoms with Gasteiger partial charge < -0.3 is 0 Å². The molecule has 0 unspecified atom stereocenters. The molecule has 1 aromatic heterocycles. The van der Waals surface area contributed by atoms with E-state index in [1.807, 2.05) is 20.8 Å². The highest BCUT2D eigenvalue weighted by Crippen LogP contribution is 2.18. The highest BCUT2D eigenvalue weighted by Gasteiger charge is 2.18. The maximum Gasteiger partial charge on any atom is 0.305 e. The van der Waals surface area contributed by atoms with Gasteiger partial charge >= 0.3 is 5.69 Å². The van der Waals surface area contributed by atoms with Crippen LogP contribution in [0.3, 0.4) is 0 Å². The minimum atomic E-state index is -0.508. The van der Waals surface area contributed by atoms with E-state index in [-0.39, 0.29) is 11.1 Å². The largest absolute Gasteiger partial charge is 0.305 e. The first-order valence-corrected chi connectivity index (χ1v) is 3.88. The van der Waals surface area contributed by atoms with Crippen LogP contribution in [0, 0.1) is 10.1 Å². The fraction of sp³-hybridized carbons (Fsp3) is 0.500. The van der Waals surface area contributed by atoms with Crippen LogP contribution in [-0.2, 0) is 5.41 Å². The third-order valence-electron chi connectivity index (χ3n) is 1.52. The van der Waals surface area contributed by atoms with E-state index in [4.69, 9.17) is 0 Å². The number of aromatic nitrogens is 2. The van der Waals surface area contributed by atoms with Crippen molar-refractivity contribution in [2.24, 2.45) is 0 Å². The molecule has 0 aliphatic carbocycles. The topological polar surface area (TPSA) is 68.9 Å². The molecule has 70 valence electrons. The number of nitro groups is 1. The zero-order chi connectivity index (χ0) is 10.1. The van der Waals surface area contributed by atoms with E-state index in [0.717, 1.165) is 0 Å². The van der Waals surface area contributed by atoms with Gasteiger partial charge in [-0.2, -0.15) is 0 Å². The molecule has 0 aliphatic heterocycles. The highest BCUT2D eigenvalue weighted by molar-refractivity contribution is 5.22. The molecule has 0 aromatic carbocycles. The molecule has 13 heavy (non-hydrogen) atoms. The van der Waals surface area contributed by atoms with Gasteiger partial charge in [-0.05, 0) is 0 Å². The molecule has 0 atom stereocenters. The quantitative estimate of drug-likeness (QED) is 0.488. The monoisotopic (exact) mass is 181 g/mol. The normalized spacial score (nSPS) is 11.3. The third kappa shape index (κ3) is 2.21. The molecule has 1 heterocycles. The zero-order valence-electron chi connectivity index (χ0n) is 7.81. The minimum Gasteiger partial charge on any atom is -0.258 e. The summed E-state index contributed by atoms with van der Waals surface area (Å²) in [6.07, 6.45) is 2.46. The summed E-state index contributed by atoms with van der Waals surface area (Å²) in [5.74, 6) is 0.609. The second-order valence-electron chi connectivity index (χ2n) is 3.77. The Hall–Kier alpha value is -1.52. The lowest BCUT2D eigenvalue weighted by atomic mass is 9.96. The predicted molar refractivity (Wildman–Crippen MR) is 47.4 cm³/mol. The maximum absolute atomic E-state index is 10.3. The molecular weight excluding hydrogens is 170 g/mol. The summed E-state index contributed by atoms with van der Waals surface area (Å²) in [6, 6.07) is 0. The fourth-order valence-corrected chi connectivity index (χ4v) is 0.803. The van der Waals surface area contributed by atoms with Gasteiger partial charge in [0, 0.05) is 5.41 Å². The molecule has 0 spiro atoms. The van der Waals surface area contributed by atoms with Gasteiger partial charge in [0.1, 0.15) is 18.2 Å². The minimum absolute atomic E-state index is 0.0759. The van der Waals surface area contributed by atoms with Crippen LogP contribution in [0.25, 0.3) is 0 Å². The van der Waals surface area contributed by atoms with Crippen molar-refractivity contribution in [1.82, 2.24) is 9.97 Å². The van der Waals surface area contributed by atoms with Gasteiger partial charge in [-0.1, -0.05) is 20.8 Å². The molecule has 0 saturated carbocycles. The van der Waals surface area contributed by atoms with Crippen molar-refractivity contribution in [3.05, 3.63) is 28.3 Å². The molecular formula is C8H11N3O2. The molecule has 1 aromatic rings. The zero-order valence-corrected chi connectivity index (χ0v) is 7.81. The van der Waals surface area contributed by atoms with Crippen molar-refractivity contribution in [2.45, 2.75) is 26.2 Å². The summed E-state index contributed by atoms with van der Waals surface area (Å²) in [6.45, 7) is 5.86. The van der Waals surface area contributed by atoms with Crippen molar-refractivity contribution in [3.8, 4) is 0 Å². The lowest BCUT2D eigenvalue weighted by Gasteiger charge is -2.14. The van der Waals surface area contributed by atoms with Gasteiger partial charge in [-0.15, -0.1) is 0 Å². The van der Waals surface area contributed by atoms with Crippen LogP contribution in [-0.4, -0.2) is 14.9 Å². The van der Waals surface area contributed by atoms with Gasteiger partial charge in [0.25, 0.3) is 0 Å². The molecule has 0 amide bonds. The fourth-order valence-electron chi connectivity index (χ4n) is 0.803. The van der Waals surface area contributed by atoms with E-state index in [0.29, 0.717) is 5.82 Å². The molecule has 1 rings (SSSR count). The van der Waals surface area contributed by atoms with Gasteiger partial charge in [0.05, 0.1) is 4.92 Å². The summed E-state index contributed by atoms with van der Waals surface area (Å²) in [4.78, 5) is 17.6. The Bertz CT molecular complexity index is 313. The second-order valence-corrected chi connectivity index (χ2v) is 3.77. The molecule has 0 aliphatic rings. The van der Waals surface area contributed by atoms with Crippen LogP contribution in [0.4, 0.5) is 5.69 Å². The number of hydrogen-bond acceptors (Lipinski definition) is 4. The smallest absolute Gasteiger partial charge is 0.258 e. The van der Waals surface area contributed by atoms with Crippen molar-refractivity contribution in [2.75, 3.05) is 0 Å². The van der Waals surface area contributed by atoms with Gasteiger partial charge in [-0.3, -0.25) is 10.1 Å². The molecule has 0 N–H and O–H groups in total. The van der Waals surface area contributed by atoms with Crippen LogP contribution in [0.15, 0.2) is 12.4 Å². The Balaban J connectivity index is 3.01. The van der Waals surface area contributed by atoms with Crippen molar-refractivity contribution >= 4 is 5.69 Å². The van der Waals surface area contributed by atoms with E-state index < -0.39 is 4.92 Å². The summed E-state index contributed by atoms with van der Waals surface area (Å²) in [5, 5.41) is 10.3. The van der Waals surface area contributed by atoms with Gasteiger partial charge in [0.2, 0.25) is 0 Å². The summed E-state index contributed by atoms with van der Waals surface area (Å²) in [5.41, 5.74) is -0.247. The van der Waals surface area contributed by atoms with Crippen molar-refractivity contribution in [1.29, 1.82) is 0 Å². The Morgan fingerprint density at radius 3 is 2.08 bits per heavy atom. The van der Waals surface area contributed by atoms with E-state index in [2.05, 4.69) is 9.97 Å². The maximum atomic E-state index is 10.3. The first-order valence-electron chi connectivity index (χ1n) is 3.88. The summed E-state index contributed by atoms with van der Waals surface area (Å²) >= 11 is 0. The summed E-state index contributed by atoms with van der Waals surface area (Å²) in [7, 11) is 0. The predicted octanol–water partition coefficient (Wildman–Crippen LogP) is 1.68. The van der Waals surface area contributed by atoms with Gasteiger partial charge in [0.15, 0.2) is 0 Å². The number of hydrogen-bond donors (Lipinski definition) is 0. The lowest BCUT2D eigenvalue weighted by Crippen LogP contribution is -2.15. The molecule has 5 nitrogen and oxygen atoms in total. The highest BCUT2D eigenvalue weighted by atomic mass is 16.6. The standard InChI is InChI=1S/C8H11N3O2/c1-8(2,3)7-9-4-6(5-10-7)11(12)13/h4-5H,1-3H3. The van der Waals surface area contributed by atoms with Crippen molar-refractivity contribution in [3.63, 3.8) is 0 Å². The first kappa shape index (κ1) is 9.57. The molecule has 0 saturated heterocycles. The molecule has 0 radical (unpaired) electrons. The molecule has 0 bridgehead atoms. The van der Waals surface area contributed by atoms with Crippen LogP contribution >= 0.6 is 0 Å². The van der Waals surface area contributed by atoms with Crippen LogP contribution in [0.2, 0.25) is 0 Å². The van der Waals surface area contributed by atoms with Crippen LogP contribution in [0.1, 0.15) is 26.6 Å². The van der Waals surface area contributed by atoms with Crippen molar-refractivity contribution < 1.29 is 4.92 Å². The molecule has 5 heteroatoms. The average Bonchev–Trinajstić information content (AvgIpc) is 2.03. The first-order chi connectivity index (χ1) is 5.91. The lowest BCUT2D eigenvalue weighted by molar-refractivity contribution is -0.385. The Morgan fingerprint density at radius 2 is 1.77 bits per heavy atom. The van der Waals surface area contributed by atoms with Gasteiger partial charge in [-0.25, -0.2) is 9.97 Å². The third-order valence-corrected chi connectivity index (χ3v) is 1.52. The van der Waals surface area contributed by atoms with Crippen LogP contribution in [0.5, 0.6) is 0 Å². The van der Waals surface area contributed by atoms with E-state index in [1.165, 1.54) is 12.4 Å². The summed E-state index contributed by atoms with van der Waals surface area (Å²) < 4.78 is 0. The molecule has 0 fully saturated rings. The SMILES string of the molecule is CC(C)(C)c1ncc([N+](=O)[O-])cn1. The van der Waals surface area contributed by atoms with Crippen LogP contribution < -0.4 is 0 Å². The Morgan fingerprint density at radius 1 is 1.31 bits per heavy atom. The number of nitrogens with zero attached hydrogens (tertiary/aromatic N) is 3. The van der Waals surface area contributed by atoms with E-state index >= 15 is 0 Å². The number of rotatable bonds is 1. The Kier molecular flexibility index (Phi) is 2.27. The average molecular weight is 181 g/mol. The second kappa shape index (κ2) is 3.08. The van der Waals surface area contributed by atoms with E-state index in [1.54, 1.807) is 0 Å². The van der Waals surface area contributed by atoms with E-state index in [9.17, 15) is 10.1 Å².